The van der Waals surface area contributed by atoms with E-state index in [2.05, 4.69) is 31.1 Å². The number of nitrogens with zero attached hydrogens (tertiary/aromatic N) is 2. The second-order valence-corrected chi connectivity index (χ2v) is 4.51. The van der Waals surface area contributed by atoms with Gasteiger partial charge in [0.25, 0.3) is 0 Å². The number of hydrogen-bond donors (Lipinski definition) is 1. The lowest BCUT2D eigenvalue weighted by atomic mass is 10.0. The number of aryl methyl sites for hydroxylation is 3. The molecular weight excluding hydrogens is 228 g/mol. The van der Waals surface area contributed by atoms with E-state index in [1.54, 1.807) is 4.68 Å². The highest BCUT2D eigenvalue weighted by Crippen LogP contribution is 2.22. The minimum absolute atomic E-state index is 0.0430. The standard InChI is InChI=1S/C14H16N2O2/c1-9-4-5-11(6-10(9)2)13-7-12(8-14(17)18)15-16(13)3/h4-7H,8H2,1-3H3,(H,17,18). The highest BCUT2D eigenvalue weighted by molar-refractivity contribution is 5.71. The number of rotatable bonds is 3. The Morgan fingerprint density at radius 2 is 2.00 bits per heavy atom. The molecule has 1 heterocycles. The van der Waals surface area contributed by atoms with Gasteiger partial charge in [-0.2, -0.15) is 5.10 Å². The fraction of sp³-hybridized carbons (Fsp3) is 0.286. The summed E-state index contributed by atoms with van der Waals surface area (Å²) in [6.45, 7) is 4.13. The molecule has 0 aliphatic heterocycles. The number of carboxylic acids is 1. The molecule has 4 heteroatoms. The van der Waals surface area contributed by atoms with Crippen LogP contribution < -0.4 is 0 Å². The van der Waals surface area contributed by atoms with Gasteiger partial charge in [-0.3, -0.25) is 9.48 Å². The maximum Gasteiger partial charge on any atom is 0.309 e. The normalized spacial score (nSPS) is 10.6. The molecule has 1 aromatic carbocycles. The summed E-state index contributed by atoms with van der Waals surface area (Å²) in [5, 5.41) is 13.0. The first-order valence-electron chi connectivity index (χ1n) is 5.79. The molecule has 0 fully saturated rings. The van der Waals surface area contributed by atoms with E-state index in [0.717, 1.165) is 11.3 Å². The average Bonchev–Trinajstić information content (AvgIpc) is 2.62. The zero-order valence-corrected chi connectivity index (χ0v) is 10.8. The Kier molecular flexibility index (Phi) is 3.19. The molecule has 1 aromatic heterocycles. The molecule has 18 heavy (non-hydrogen) atoms. The van der Waals surface area contributed by atoms with Crippen molar-refractivity contribution in [2.75, 3.05) is 0 Å². The minimum atomic E-state index is -0.861. The third-order valence-corrected chi connectivity index (χ3v) is 3.07. The summed E-state index contributed by atoms with van der Waals surface area (Å²) in [5.41, 5.74) is 5.04. The van der Waals surface area contributed by atoms with Gasteiger partial charge in [0.1, 0.15) is 0 Å². The molecule has 0 radical (unpaired) electrons. The number of carboxylic acid groups (broad SMARTS) is 1. The van der Waals surface area contributed by atoms with E-state index < -0.39 is 5.97 Å². The third kappa shape index (κ3) is 2.42. The van der Waals surface area contributed by atoms with Crippen LogP contribution in [0.1, 0.15) is 16.8 Å². The van der Waals surface area contributed by atoms with Crippen LogP contribution in [0.5, 0.6) is 0 Å². The monoisotopic (exact) mass is 244 g/mol. The topological polar surface area (TPSA) is 55.1 Å². The first-order chi connectivity index (χ1) is 8.47. The zero-order valence-electron chi connectivity index (χ0n) is 10.8. The molecule has 0 atom stereocenters. The van der Waals surface area contributed by atoms with Gasteiger partial charge in [0.2, 0.25) is 0 Å². The van der Waals surface area contributed by atoms with Gasteiger partial charge in [0.05, 0.1) is 17.8 Å². The van der Waals surface area contributed by atoms with Crippen molar-refractivity contribution in [1.29, 1.82) is 0 Å². The van der Waals surface area contributed by atoms with Crippen LogP contribution in [0.15, 0.2) is 24.3 Å². The van der Waals surface area contributed by atoms with E-state index in [9.17, 15) is 4.79 Å². The molecular formula is C14H16N2O2. The Balaban J connectivity index is 2.41. The van der Waals surface area contributed by atoms with Crippen LogP contribution in [0.25, 0.3) is 11.3 Å². The second kappa shape index (κ2) is 4.64. The summed E-state index contributed by atoms with van der Waals surface area (Å²) in [4.78, 5) is 10.7. The summed E-state index contributed by atoms with van der Waals surface area (Å²) in [5.74, 6) is -0.861. The van der Waals surface area contributed by atoms with Gasteiger partial charge in [0, 0.05) is 12.6 Å². The maximum absolute atomic E-state index is 10.7. The van der Waals surface area contributed by atoms with E-state index in [0.29, 0.717) is 5.69 Å². The van der Waals surface area contributed by atoms with Crippen molar-refractivity contribution >= 4 is 5.97 Å². The fourth-order valence-electron chi connectivity index (χ4n) is 1.94. The van der Waals surface area contributed by atoms with Crippen molar-refractivity contribution in [3.8, 4) is 11.3 Å². The van der Waals surface area contributed by atoms with Gasteiger partial charge < -0.3 is 5.11 Å². The van der Waals surface area contributed by atoms with E-state index in [4.69, 9.17) is 5.11 Å². The quantitative estimate of drug-likeness (QED) is 0.901. The van der Waals surface area contributed by atoms with E-state index >= 15 is 0 Å². The number of carbonyl (C=O) groups is 1. The highest BCUT2D eigenvalue weighted by Gasteiger charge is 2.10. The van der Waals surface area contributed by atoms with Gasteiger partial charge in [-0.15, -0.1) is 0 Å². The first-order valence-corrected chi connectivity index (χ1v) is 5.79. The summed E-state index contributed by atoms with van der Waals surface area (Å²) < 4.78 is 1.72. The predicted octanol–water partition coefficient (Wildman–Crippen LogP) is 2.33. The van der Waals surface area contributed by atoms with Crippen LogP contribution in [0, 0.1) is 13.8 Å². The summed E-state index contributed by atoms with van der Waals surface area (Å²) in [6, 6.07) is 8.02. The molecule has 4 nitrogen and oxygen atoms in total. The molecule has 0 aliphatic carbocycles. The molecule has 0 saturated heterocycles. The number of benzene rings is 1. The van der Waals surface area contributed by atoms with Crippen LogP contribution in [-0.4, -0.2) is 20.9 Å². The van der Waals surface area contributed by atoms with E-state index in [1.807, 2.05) is 19.2 Å². The molecule has 0 saturated carbocycles. The lowest BCUT2D eigenvalue weighted by Crippen LogP contribution is -2.01. The predicted molar refractivity (Wildman–Crippen MR) is 69.5 cm³/mol. The van der Waals surface area contributed by atoms with E-state index in [1.165, 1.54) is 11.1 Å². The van der Waals surface area contributed by atoms with Gasteiger partial charge in [0.15, 0.2) is 0 Å². The summed E-state index contributed by atoms with van der Waals surface area (Å²) in [7, 11) is 1.83. The highest BCUT2D eigenvalue weighted by atomic mass is 16.4. The molecule has 94 valence electrons. The van der Waals surface area contributed by atoms with Crippen molar-refractivity contribution in [3.63, 3.8) is 0 Å². The van der Waals surface area contributed by atoms with Crippen LogP contribution in [0.4, 0.5) is 0 Å². The molecule has 0 bridgehead atoms. The Bertz CT molecular complexity index is 600. The maximum atomic E-state index is 10.7. The largest absolute Gasteiger partial charge is 0.481 e. The van der Waals surface area contributed by atoms with Crippen molar-refractivity contribution in [3.05, 3.63) is 41.1 Å². The molecule has 2 rings (SSSR count). The lowest BCUT2D eigenvalue weighted by Gasteiger charge is -2.05. The summed E-state index contributed by atoms with van der Waals surface area (Å²) >= 11 is 0. The molecule has 1 N–H and O–H groups in total. The van der Waals surface area contributed by atoms with Gasteiger partial charge in [-0.1, -0.05) is 12.1 Å². The van der Waals surface area contributed by atoms with Gasteiger partial charge >= 0.3 is 5.97 Å². The van der Waals surface area contributed by atoms with Crippen molar-refractivity contribution < 1.29 is 9.90 Å². The minimum Gasteiger partial charge on any atom is -0.481 e. The first kappa shape index (κ1) is 12.4. The lowest BCUT2D eigenvalue weighted by molar-refractivity contribution is -0.136. The fourth-order valence-corrected chi connectivity index (χ4v) is 1.94. The molecule has 0 spiro atoms. The van der Waals surface area contributed by atoms with Crippen molar-refractivity contribution in [1.82, 2.24) is 9.78 Å². The number of hydrogen-bond acceptors (Lipinski definition) is 2. The Hall–Kier alpha value is -2.10. The van der Waals surface area contributed by atoms with Crippen molar-refractivity contribution in [2.24, 2.45) is 7.05 Å². The molecule has 0 aliphatic rings. The Labute approximate surface area is 106 Å². The van der Waals surface area contributed by atoms with Crippen LogP contribution in [-0.2, 0) is 18.3 Å². The SMILES string of the molecule is Cc1ccc(-c2cc(CC(=O)O)nn2C)cc1C. The van der Waals surface area contributed by atoms with Crippen LogP contribution >= 0.6 is 0 Å². The number of aromatic nitrogens is 2. The van der Waals surface area contributed by atoms with Crippen LogP contribution in [0.3, 0.4) is 0 Å². The molecule has 0 unspecified atom stereocenters. The number of aliphatic carboxylic acids is 1. The van der Waals surface area contributed by atoms with Gasteiger partial charge in [-0.25, -0.2) is 0 Å². The Morgan fingerprint density at radius 1 is 1.28 bits per heavy atom. The summed E-state index contributed by atoms with van der Waals surface area (Å²) in [6.07, 6.45) is -0.0430. The Morgan fingerprint density at radius 3 is 2.61 bits per heavy atom. The van der Waals surface area contributed by atoms with Crippen LogP contribution in [0.2, 0.25) is 0 Å². The molecule has 2 aromatic rings. The van der Waals surface area contributed by atoms with E-state index in [-0.39, 0.29) is 6.42 Å². The second-order valence-electron chi connectivity index (χ2n) is 4.51. The zero-order chi connectivity index (χ0) is 13.3. The smallest absolute Gasteiger partial charge is 0.309 e. The van der Waals surface area contributed by atoms with Gasteiger partial charge in [-0.05, 0) is 37.1 Å². The molecule has 0 amide bonds. The third-order valence-electron chi connectivity index (χ3n) is 3.07. The van der Waals surface area contributed by atoms with Crippen molar-refractivity contribution in [2.45, 2.75) is 20.3 Å². The average molecular weight is 244 g/mol.